The predicted octanol–water partition coefficient (Wildman–Crippen LogP) is 0.260. The number of fused-ring (bicyclic) bond motifs is 1. The number of anilines is 1. The van der Waals surface area contributed by atoms with Crippen molar-refractivity contribution in [3.63, 3.8) is 0 Å². The van der Waals surface area contributed by atoms with Gasteiger partial charge in [-0.3, -0.25) is 9.20 Å². The average Bonchev–Trinajstić information content (AvgIpc) is 3.25. The largest absolute Gasteiger partial charge is 0.365 e. The molecule has 2 saturated heterocycles. The van der Waals surface area contributed by atoms with Gasteiger partial charge in [-0.15, -0.1) is 10.2 Å². The van der Waals surface area contributed by atoms with Crippen molar-refractivity contribution in [1.29, 1.82) is 0 Å². The highest BCUT2D eigenvalue weighted by molar-refractivity contribution is 5.82. The van der Waals surface area contributed by atoms with Crippen LogP contribution in [0.15, 0.2) is 12.4 Å². The number of hydrogen-bond donors (Lipinski definition) is 0. The van der Waals surface area contributed by atoms with Gasteiger partial charge in [0.2, 0.25) is 5.65 Å². The number of likely N-dealkylation sites (tertiary alicyclic amines) is 1. The lowest BCUT2D eigenvalue weighted by molar-refractivity contribution is -0.143. The minimum absolute atomic E-state index is 0.0943. The second kappa shape index (κ2) is 5.77. The van der Waals surface area contributed by atoms with Gasteiger partial charge in [0, 0.05) is 32.0 Å². The van der Waals surface area contributed by atoms with Crippen LogP contribution in [0, 0.1) is 6.92 Å². The molecule has 0 N–H and O–H groups in total. The highest BCUT2D eigenvalue weighted by Gasteiger charge is 2.32. The summed E-state index contributed by atoms with van der Waals surface area (Å²) in [5.41, 5.74) is 0.722. The number of aryl methyl sites for hydroxylation is 1. The van der Waals surface area contributed by atoms with E-state index in [1.807, 2.05) is 22.4 Å². The van der Waals surface area contributed by atoms with E-state index in [1.54, 1.807) is 6.20 Å². The molecule has 0 aliphatic carbocycles. The highest BCUT2D eigenvalue weighted by atomic mass is 16.5. The summed E-state index contributed by atoms with van der Waals surface area (Å²) in [5.74, 6) is 1.68. The van der Waals surface area contributed by atoms with Crippen molar-refractivity contribution in [1.82, 2.24) is 24.5 Å². The van der Waals surface area contributed by atoms with Crippen LogP contribution in [0.4, 0.5) is 5.82 Å². The van der Waals surface area contributed by atoms with E-state index in [9.17, 15) is 4.79 Å². The number of carbonyl (C=O) groups excluding carboxylic acids is 1. The number of carbonyl (C=O) groups is 1. The maximum Gasteiger partial charge on any atom is 0.253 e. The lowest BCUT2D eigenvalue weighted by atomic mass is 10.2. The van der Waals surface area contributed by atoms with E-state index in [0.29, 0.717) is 19.7 Å². The molecular weight excluding hydrogens is 296 g/mol. The Morgan fingerprint density at radius 3 is 2.91 bits per heavy atom. The zero-order chi connectivity index (χ0) is 15.8. The Morgan fingerprint density at radius 2 is 2.09 bits per heavy atom. The van der Waals surface area contributed by atoms with Crippen LogP contribution in [-0.4, -0.2) is 69.3 Å². The molecule has 1 unspecified atom stereocenters. The summed E-state index contributed by atoms with van der Waals surface area (Å²) >= 11 is 0. The van der Waals surface area contributed by atoms with Crippen LogP contribution >= 0.6 is 0 Å². The smallest absolute Gasteiger partial charge is 0.253 e. The van der Waals surface area contributed by atoms with E-state index in [0.717, 1.165) is 43.2 Å². The van der Waals surface area contributed by atoms with Crippen molar-refractivity contribution in [2.45, 2.75) is 25.9 Å². The standard InChI is InChI=1S/C15H20N6O2/c1-11-17-18-14-13(16-4-7-21(11)14)20-8-9-23-12(10-20)15(22)19-5-2-3-6-19/h4,7,12H,2-3,5-6,8-10H2,1H3. The third kappa shape index (κ3) is 2.52. The van der Waals surface area contributed by atoms with Crippen molar-refractivity contribution in [3.8, 4) is 0 Å². The van der Waals surface area contributed by atoms with Crippen LogP contribution in [0.3, 0.4) is 0 Å². The Hall–Kier alpha value is -2.22. The number of morpholine rings is 1. The molecule has 23 heavy (non-hydrogen) atoms. The zero-order valence-electron chi connectivity index (χ0n) is 13.2. The van der Waals surface area contributed by atoms with Gasteiger partial charge >= 0.3 is 0 Å². The molecule has 0 spiro atoms. The summed E-state index contributed by atoms with van der Waals surface area (Å²) < 4.78 is 7.63. The van der Waals surface area contributed by atoms with Crippen LogP contribution < -0.4 is 4.90 Å². The van der Waals surface area contributed by atoms with Gasteiger partial charge in [0.15, 0.2) is 11.9 Å². The molecule has 8 heteroatoms. The third-order valence-corrected chi connectivity index (χ3v) is 4.54. The lowest BCUT2D eigenvalue weighted by Gasteiger charge is -2.34. The average molecular weight is 316 g/mol. The zero-order valence-corrected chi connectivity index (χ0v) is 13.2. The van der Waals surface area contributed by atoms with Crippen molar-refractivity contribution in [3.05, 3.63) is 18.2 Å². The summed E-state index contributed by atoms with van der Waals surface area (Å²) in [6.45, 7) is 5.31. The molecule has 2 aliphatic heterocycles. The summed E-state index contributed by atoms with van der Waals surface area (Å²) in [5, 5.41) is 8.32. The molecule has 8 nitrogen and oxygen atoms in total. The fourth-order valence-corrected chi connectivity index (χ4v) is 3.28. The molecule has 2 aromatic rings. The molecule has 0 saturated carbocycles. The number of amides is 1. The molecule has 4 heterocycles. The molecule has 122 valence electrons. The van der Waals surface area contributed by atoms with E-state index in [4.69, 9.17) is 4.74 Å². The van der Waals surface area contributed by atoms with Gasteiger partial charge in [0.1, 0.15) is 5.82 Å². The number of rotatable bonds is 2. The molecular formula is C15H20N6O2. The van der Waals surface area contributed by atoms with Crippen molar-refractivity contribution < 1.29 is 9.53 Å². The van der Waals surface area contributed by atoms with Crippen molar-refractivity contribution in [2.75, 3.05) is 37.7 Å². The van der Waals surface area contributed by atoms with Crippen LogP contribution in [0.25, 0.3) is 5.65 Å². The van der Waals surface area contributed by atoms with Gasteiger partial charge in [0.05, 0.1) is 13.2 Å². The molecule has 0 bridgehead atoms. The van der Waals surface area contributed by atoms with E-state index in [1.165, 1.54) is 0 Å². The molecule has 2 aromatic heterocycles. The number of ether oxygens (including phenoxy) is 1. The summed E-state index contributed by atoms with van der Waals surface area (Å²) in [7, 11) is 0. The maximum atomic E-state index is 12.6. The Bertz CT molecular complexity index is 724. The van der Waals surface area contributed by atoms with Crippen LogP contribution in [0.5, 0.6) is 0 Å². The molecule has 2 fully saturated rings. The Balaban J connectivity index is 1.57. The number of hydrogen-bond acceptors (Lipinski definition) is 6. The second-order valence-corrected chi connectivity index (χ2v) is 6.03. The fourth-order valence-electron chi connectivity index (χ4n) is 3.28. The molecule has 0 aromatic carbocycles. The van der Waals surface area contributed by atoms with Gasteiger partial charge < -0.3 is 14.5 Å². The molecule has 2 aliphatic rings. The first-order chi connectivity index (χ1) is 11.2. The first kappa shape index (κ1) is 14.4. The quantitative estimate of drug-likeness (QED) is 0.791. The van der Waals surface area contributed by atoms with Crippen LogP contribution in [0.1, 0.15) is 18.7 Å². The van der Waals surface area contributed by atoms with Crippen LogP contribution in [0.2, 0.25) is 0 Å². The predicted molar refractivity (Wildman–Crippen MR) is 83.3 cm³/mol. The highest BCUT2D eigenvalue weighted by Crippen LogP contribution is 2.21. The monoisotopic (exact) mass is 316 g/mol. The van der Waals surface area contributed by atoms with Gasteiger partial charge in [-0.2, -0.15) is 0 Å². The van der Waals surface area contributed by atoms with Crippen LogP contribution in [-0.2, 0) is 9.53 Å². The Labute approximate surface area is 134 Å². The van der Waals surface area contributed by atoms with Crippen molar-refractivity contribution in [2.24, 2.45) is 0 Å². The third-order valence-electron chi connectivity index (χ3n) is 4.54. The van der Waals surface area contributed by atoms with E-state index >= 15 is 0 Å². The summed E-state index contributed by atoms with van der Waals surface area (Å²) in [6.07, 6.45) is 5.34. The minimum atomic E-state index is -0.423. The maximum absolute atomic E-state index is 12.6. The van der Waals surface area contributed by atoms with Crippen molar-refractivity contribution >= 4 is 17.4 Å². The number of aromatic nitrogens is 4. The molecule has 0 radical (unpaired) electrons. The SMILES string of the molecule is Cc1nnc2c(N3CCOC(C(=O)N4CCCC4)C3)nccn12. The van der Waals surface area contributed by atoms with Gasteiger partial charge in [0.25, 0.3) is 5.91 Å². The van der Waals surface area contributed by atoms with E-state index < -0.39 is 6.10 Å². The van der Waals surface area contributed by atoms with Gasteiger partial charge in [-0.1, -0.05) is 0 Å². The normalized spacial score (nSPS) is 22.0. The van der Waals surface area contributed by atoms with E-state index in [-0.39, 0.29) is 5.91 Å². The molecule has 1 atom stereocenters. The summed E-state index contributed by atoms with van der Waals surface area (Å²) in [6, 6.07) is 0. The molecule has 1 amide bonds. The van der Waals surface area contributed by atoms with Gasteiger partial charge in [-0.05, 0) is 19.8 Å². The first-order valence-corrected chi connectivity index (χ1v) is 8.06. The Kier molecular flexibility index (Phi) is 3.60. The second-order valence-electron chi connectivity index (χ2n) is 6.03. The fraction of sp³-hybridized carbons (Fsp3) is 0.600. The summed E-state index contributed by atoms with van der Waals surface area (Å²) in [4.78, 5) is 21.0. The number of nitrogens with zero attached hydrogens (tertiary/aromatic N) is 6. The minimum Gasteiger partial charge on any atom is -0.365 e. The topological polar surface area (TPSA) is 75.9 Å². The lowest BCUT2D eigenvalue weighted by Crippen LogP contribution is -2.50. The van der Waals surface area contributed by atoms with Gasteiger partial charge in [-0.25, -0.2) is 4.98 Å². The van der Waals surface area contributed by atoms with E-state index in [2.05, 4.69) is 20.1 Å². The Morgan fingerprint density at radius 1 is 1.26 bits per heavy atom. The first-order valence-electron chi connectivity index (χ1n) is 8.06. The molecule has 4 rings (SSSR count).